The van der Waals surface area contributed by atoms with Gasteiger partial charge in [0.25, 0.3) is 0 Å². The van der Waals surface area contributed by atoms with Gasteiger partial charge in [-0.1, -0.05) is 27.7 Å². The van der Waals surface area contributed by atoms with Crippen LogP contribution in [0.25, 0.3) is 0 Å². The van der Waals surface area contributed by atoms with Gasteiger partial charge in [-0.15, -0.1) is 0 Å². The lowest BCUT2D eigenvalue weighted by molar-refractivity contribution is -0.175. The van der Waals surface area contributed by atoms with Crippen LogP contribution >= 0.6 is 0 Å². The molecule has 2 saturated carbocycles. The van der Waals surface area contributed by atoms with Crippen LogP contribution in [0.15, 0.2) is 0 Å². The Kier molecular flexibility index (Phi) is 2.76. The molecule has 2 bridgehead atoms. The lowest BCUT2D eigenvalue weighted by Gasteiger charge is -2.43. The summed E-state index contributed by atoms with van der Waals surface area (Å²) in [6.07, 6.45) is 1.48. The number of hydrogen-bond acceptors (Lipinski definition) is 2. The van der Waals surface area contributed by atoms with Gasteiger partial charge in [0.05, 0.1) is 0 Å². The van der Waals surface area contributed by atoms with Gasteiger partial charge in [0.15, 0.2) is 5.41 Å². The highest BCUT2D eigenvalue weighted by atomic mass is 16.4. The minimum absolute atomic E-state index is 0.122. The van der Waals surface area contributed by atoms with Crippen molar-refractivity contribution in [3.8, 4) is 0 Å². The zero-order chi connectivity index (χ0) is 13.9. The fourth-order valence-electron chi connectivity index (χ4n) is 4.53. The Morgan fingerprint density at radius 1 is 1.11 bits per heavy atom. The number of carbonyl (C=O) groups is 2. The molecule has 0 aromatic rings. The van der Waals surface area contributed by atoms with Gasteiger partial charge in [-0.3, -0.25) is 9.59 Å². The quantitative estimate of drug-likeness (QED) is 0.742. The number of rotatable bonds is 2. The van der Waals surface area contributed by atoms with E-state index in [0.717, 1.165) is 12.8 Å². The first kappa shape index (κ1) is 13.4. The number of carboxylic acids is 2. The van der Waals surface area contributed by atoms with Gasteiger partial charge >= 0.3 is 11.9 Å². The van der Waals surface area contributed by atoms with Gasteiger partial charge < -0.3 is 10.2 Å². The molecule has 0 aromatic heterocycles. The highest BCUT2D eigenvalue weighted by Crippen LogP contribution is 2.65. The minimum Gasteiger partial charge on any atom is -0.480 e. The molecule has 102 valence electrons. The summed E-state index contributed by atoms with van der Waals surface area (Å²) >= 11 is 0. The molecule has 2 rings (SSSR count). The van der Waals surface area contributed by atoms with Crippen molar-refractivity contribution in [2.75, 3.05) is 0 Å². The number of carboxylic acid groups (broad SMARTS) is 2. The summed E-state index contributed by atoms with van der Waals surface area (Å²) in [5.74, 6) is -2.14. The Bertz CT molecular complexity index is 375. The first-order valence-electron chi connectivity index (χ1n) is 6.60. The summed E-state index contributed by atoms with van der Waals surface area (Å²) in [5.41, 5.74) is -1.43. The Morgan fingerprint density at radius 2 is 1.61 bits per heavy atom. The van der Waals surface area contributed by atoms with Crippen molar-refractivity contribution in [2.24, 2.45) is 34.5 Å². The van der Waals surface area contributed by atoms with E-state index in [1.807, 2.05) is 6.92 Å². The average molecular weight is 254 g/mol. The molecule has 2 N–H and O–H groups in total. The van der Waals surface area contributed by atoms with Gasteiger partial charge in [-0.05, 0) is 41.9 Å². The second-order valence-electron chi connectivity index (χ2n) is 7.07. The second-order valence-corrected chi connectivity index (χ2v) is 7.07. The molecule has 0 aromatic carbocycles. The Balaban J connectivity index is 2.39. The normalized spacial score (nSPS) is 37.8. The molecule has 4 unspecified atom stereocenters. The molecule has 4 atom stereocenters. The molecule has 0 amide bonds. The van der Waals surface area contributed by atoms with E-state index in [1.54, 1.807) is 0 Å². The van der Waals surface area contributed by atoms with Crippen molar-refractivity contribution < 1.29 is 19.8 Å². The molecule has 18 heavy (non-hydrogen) atoms. The number of aliphatic carboxylic acids is 2. The monoisotopic (exact) mass is 254 g/mol. The molecule has 2 aliphatic rings. The number of hydrogen-bond donors (Lipinski definition) is 2. The standard InChI is InChI=1S/C14H22O4/c1-7-9-5-8(6-10(9)13(2,3)4)14(7,11(15)16)12(17)18/h7-10H,5-6H2,1-4H3,(H,15,16)(H,17,18). The highest BCUT2D eigenvalue weighted by Gasteiger charge is 2.69. The Labute approximate surface area is 107 Å². The van der Waals surface area contributed by atoms with Crippen molar-refractivity contribution in [1.82, 2.24) is 0 Å². The highest BCUT2D eigenvalue weighted by molar-refractivity contribution is 5.99. The maximum absolute atomic E-state index is 11.5. The van der Waals surface area contributed by atoms with Crippen LogP contribution in [0.5, 0.6) is 0 Å². The summed E-state index contributed by atoms with van der Waals surface area (Å²) < 4.78 is 0. The minimum atomic E-state index is -1.55. The molecule has 2 aliphatic carbocycles. The van der Waals surface area contributed by atoms with E-state index in [9.17, 15) is 19.8 Å². The smallest absolute Gasteiger partial charge is 0.321 e. The Hall–Kier alpha value is -1.06. The van der Waals surface area contributed by atoms with E-state index in [1.165, 1.54) is 0 Å². The lowest BCUT2D eigenvalue weighted by Crippen LogP contribution is -2.51. The van der Waals surface area contributed by atoms with Crippen molar-refractivity contribution >= 4 is 11.9 Å². The van der Waals surface area contributed by atoms with Crippen LogP contribution in [0, 0.1) is 34.5 Å². The first-order valence-corrected chi connectivity index (χ1v) is 6.60. The van der Waals surface area contributed by atoms with Gasteiger partial charge in [0.2, 0.25) is 0 Å². The SMILES string of the molecule is CC1C2CC(CC2C(C)(C)C)C1(C(=O)O)C(=O)O. The van der Waals surface area contributed by atoms with Gasteiger partial charge in [0, 0.05) is 0 Å². The molecule has 4 heteroatoms. The molecule has 0 saturated heterocycles. The summed E-state index contributed by atoms with van der Waals surface area (Å²) in [6, 6.07) is 0. The van der Waals surface area contributed by atoms with Crippen molar-refractivity contribution in [1.29, 1.82) is 0 Å². The van der Waals surface area contributed by atoms with E-state index >= 15 is 0 Å². The fraction of sp³-hybridized carbons (Fsp3) is 0.857. The maximum Gasteiger partial charge on any atom is 0.321 e. The molecular formula is C14H22O4. The van der Waals surface area contributed by atoms with Crippen LogP contribution in [0.1, 0.15) is 40.5 Å². The first-order chi connectivity index (χ1) is 8.13. The van der Waals surface area contributed by atoms with Crippen LogP contribution < -0.4 is 0 Å². The molecule has 0 spiro atoms. The summed E-state index contributed by atoms with van der Waals surface area (Å²) in [5, 5.41) is 18.9. The van der Waals surface area contributed by atoms with E-state index < -0.39 is 17.4 Å². The zero-order valence-electron chi connectivity index (χ0n) is 11.4. The second kappa shape index (κ2) is 3.72. The molecule has 0 aliphatic heterocycles. The third kappa shape index (κ3) is 1.44. The largest absolute Gasteiger partial charge is 0.480 e. The topological polar surface area (TPSA) is 74.6 Å². The van der Waals surface area contributed by atoms with Gasteiger partial charge in [-0.2, -0.15) is 0 Å². The molecule has 2 fully saturated rings. The van der Waals surface area contributed by atoms with E-state index in [4.69, 9.17) is 0 Å². The molecular weight excluding hydrogens is 232 g/mol. The molecule has 0 heterocycles. The van der Waals surface area contributed by atoms with Crippen LogP contribution in [0.3, 0.4) is 0 Å². The summed E-state index contributed by atoms with van der Waals surface area (Å²) in [6.45, 7) is 8.29. The van der Waals surface area contributed by atoms with Crippen LogP contribution in [-0.2, 0) is 9.59 Å². The van der Waals surface area contributed by atoms with Gasteiger partial charge in [-0.25, -0.2) is 0 Å². The van der Waals surface area contributed by atoms with Crippen LogP contribution in [0.2, 0.25) is 0 Å². The predicted octanol–water partition coefficient (Wildman–Crippen LogP) is 2.48. The molecule has 0 radical (unpaired) electrons. The molecule has 4 nitrogen and oxygen atoms in total. The van der Waals surface area contributed by atoms with Crippen molar-refractivity contribution in [2.45, 2.75) is 40.5 Å². The van der Waals surface area contributed by atoms with E-state index in [2.05, 4.69) is 20.8 Å². The van der Waals surface area contributed by atoms with E-state index in [-0.39, 0.29) is 23.2 Å². The Morgan fingerprint density at radius 3 is 1.94 bits per heavy atom. The van der Waals surface area contributed by atoms with Crippen LogP contribution in [-0.4, -0.2) is 22.2 Å². The maximum atomic E-state index is 11.5. The van der Waals surface area contributed by atoms with Crippen molar-refractivity contribution in [3.63, 3.8) is 0 Å². The number of fused-ring (bicyclic) bond motifs is 2. The predicted molar refractivity (Wildman–Crippen MR) is 66.0 cm³/mol. The van der Waals surface area contributed by atoms with E-state index in [0.29, 0.717) is 5.92 Å². The fourth-order valence-corrected chi connectivity index (χ4v) is 4.53. The average Bonchev–Trinajstić information content (AvgIpc) is 2.71. The zero-order valence-corrected chi connectivity index (χ0v) is 11.4. The third-order valence-electron chi connectivity index (χ3n) is 5.44. The van der Waals surface area contributed by atoms with Crippen molar-refractivity contribution in [3.05, 3.63) is 0 Å². The summed E-state index contributed by atoms with van der Waals surface area (Å²) in [4.78, 5) is 23.1. The lowest BCUT2D eigenvalue weighted by atomic mass is 9.59. The third-order valence-corrected chi connectivity index (χ3v) is 5.44. The summed E-state index contributed by atoms with van der Waals surface area (Å²) in [7, 11) is 0. The van der Waals surface area contributed by atoms with Gasteiger partial charge in [0.1, 0.15) is 0 Å². The van der Waals surface area contributed by atoms with Crippen LogP contribution in [0.4, 0.5) is 0 Å².